The number of para-hydroxylation sites is 1. The summed E-state index contributed by atoms with van der Waals surface area (Å²) in [6, 6.07) is 14.7. The second kappa shape index (κ2) is 12.7. The third kappa shape index (κ3) is 7.68. The summed E-state index contributed by atoms with van der Waals surface area (Å²) in [5.74, 6) is -1.02. The summed E-state index contributed by atoms with van der Waals surface area (Å²) >= 11 is 0. The van der Waals surface area contributed by atoms with Crippen LogP contribution in [0.25, 0.3) is 10.9 Å². The van der Waals surface area contributed by atoms with Crippen LogP contribution in [0, 0.1) is 0 Å². The molecule has 3 aromatic rings. The van der Waals surface area contributed by atoms with E-state index in [2.05, 4.69) is 15.6 Å². The van der Waals surface area contributed by atoms with Crippen LogP contribution in [-0.2, 0) is 42.9 Å². The van der Waals surface area contributed by atoms with Gasteiger partial charge in [0.05, 0.1) is 7.11 Å². The second-order valence-corrected chi connectivity index (χ2v) is 9.53. The molecule has 0 fully saturated rings. The number of aromatic nitrogens is 1. The van der Waals surface area contributed by atoms with Crippen molar-refractivity contribution in [2.75, 3.05) is 19.1 Å². The largest absolute Gasteiger partial charge is 0.467 e. The number of aromatic amines is 1. The van der Waals surface area contributed by atoms with E-state index in [-0.39, 0.29) is 25.2 Å². The lowest BCUT2D eigenvalue weighted by atomic mass is 10.0. The molecule has 186 valence electrons. The second-order valence-electron chi connectivity index (χ2n) is 7.97. The van der Waals surface area contributed by atoms with Crippen molar-refractivity contribution in [3.8, 4) is 0 Å². The van der Waals surface area contributed by atoms with Crippen molar-refractivity contribution in [1.82, 2.24) is 15.6 Å². The summed E-state index contributed by atoms with van der Waals surface area (Å²) < 4.78 is 21.6. The van der Waals surface area contributed by atoms with E-state index in [4.69, 9.17) is 9.47 Å². The molecule has 0 bridgehead atoms. The summed E-state index contributed by atoms with van der Waals surface area (Å²) in [5, 5.41) is 6.17. The molecular weight excluding hydrogens is 470 g/mol. The number of carbonyl (C=O) groups excluding carboxylic acids is 3. The summed E-state index contributed by atoms with van der Waals surface area (Å²) in [5.41, 5.74) is 2.51. The summed E-state index contributed by atoms with van der Waals surface area (Å²) in [6.07, 6.45) is 2.82. The number of hydrogen-bond acceptors (Lipinski definition) is 6. The molecule has 1 aromatic heterocycles. The molecule has 0 aliphatic heterocycles. The smallest absolute Gasteiger partial charge is 0.408 e. The summed E-state index contributed by atoms with van der Waals surface area (Å²) in [4.78, 5) is 41.1. The van der Waals surface area contributed by atoms with E-state index in [0.717, 1.165) is 22.0 Å². The number of alkyl carbamates (subject to hydrolysis) is 1. The number of carbonyl (C=O) groups is 3. The third-order valence-corrected chi connectivity index (χ3v) is 6.23. The topological polar surface area (TPSA) is 127 Å². The zero-order valence-corrected chi connectivity index (χ0v) is 20.4. The van der Waals surface area contributed by atoms with E-state index in [9.17, 15) is 18.6 Å². The van der Waals surface area contributed by atoms with Crippen LogP contribution in [0.15, 0.2) is 60.8 Å². The molecule has 0 saturated carbocycles. The molecule has 2 amide bonds. The van der Waals surface area contributed by atoms with Gasteiger partial charge in [0.1, 0.15) is 18.7 Å². The van der Waals surface area contributed by atoms with Crippen LogP contribution >= 0.6 is 0 Å². The van der Waals surface area contributed by atoms with Crippen molar-refractivity contribution >= 4 is 39.7 Å². The lowest BCUT2D eigenvalue weighted by molar-refractivity contribution is -0.145. The monoisotopic (exact) mass is 499 g/mol. The molecule has 1 unspecified atom stereocenters. The fourth-order valence-corrected chi connectivity index (χ4v) is 4.15. The summed E-state index contributed by atoms with van der Waals surface area (Å²) in [7, 11) is 0.0602. The van der Waals surface area contributed by atoms with Crippen LogP contribution < -0.4 is 10.6 Å². The predicted octanol–water partition coefficient (Wildman–Crippen LogP) is 2.43. The molecule has 0 radical (unpaired) electrons. The number of nitrogens with one attached hydrogen (secondary N) is 3. The Labute approximate surface area is 206 Å². The van der Waals surface area contributed by atoms with Crippen LogP contribution in [0.1, 0.15) is 17.5 Å². The van der Waals surface area contributed by atoms with Gasteiger partial charge in [-0.1, -0.05) is 48.5 Å². The zero-order valence-electron chi connectivity index (χ0n) is 19.6. The first-order valence-electron chi connectivity index (χ1n) is 11.1. The van der Waals surface area contributed by atoms with Crippen molar-refractivity contribution in [3.05, 3.63) is 71.9 Å². The Kier molecular flexibility index (Phi) is 9.42. The van der Waals surface area contributed by atoms with Gasteiger partial charge in [-0.2, -0.15) is 0 Å². The Bertz CT molecular complexity index is 1180. The number of H-pyrrole nitrogens is 1. The quantitative estimate of drug-likeness (QED) is 0.348. The van der Waals surface area contributed by atoms with E-state index in [1.807, 2.05) is 54.6 Å². The van der Waals surface area contributed by atoms with E-state index < -0.39 is 40.9 Å². The first kappa shape index (κ1) is 26.0. The first-order valence-corrected chi connectivity index (χ1v) is 12.8. The van der Waals surface area contributed by atoms with Gasteiger partial charge in [-0.3, -0.25) is 9.00 Å². The fraction of sp³-hybridized carbons (Fsp3) is 0.320. The Hall–Kier alpha value is -3.66. The molecule has 10 heteroatoms. The molecule has 0 aliphatic carbocycles. The maximum atomic E-state index is 13.2. The fourth-order valence-electron chi connectivity index (χ4n) is 3.58. The van der Waals surface area contributed by atoms with Gasteiger partial charge in [0.15, 0.2) is 0 Å². The Morgan fingerprint density at radius 1 is 1.00 bits per heavy atom. The Morgan fingerprint density at radius 2 is 1.71 bits per heavy atom. The van der Waals surface area contributed by atoms with Crippen molar-refractivity contribution in [2.45, 2.75) is 31.5 Å². The highest BCUT2D eigenvalue weighted by Gasteiger charge is 2.28. The number of rotatable bonds is 11. The average Bonchev–Trinajstić information content (AvgIpc) is 3.27. The SMILES string of the molecule is COC(=O)[C@H](CCS(C)=O)NC(=O)[C@H](Cc1c[nH]c2ccccc12)NC(=O)OCc1ccccc1. The third-order valence-electron chi connectivity index (χ3n) is 5.42. The minimum Gasteiger partial charge on any atom is -0.467 e. The normalized spacial score (nSPS) is 13.4. The molecule has 0 aliphatic rings. The standard InChI is InChI=1S/C25H29N3O6S/c1-33-24(30)21(12-13-35(2)32)27-23(29)22(14-18-15-26-20-11-7-6-10-19(18)20)28-25(31)34-16-17-8-4-3-5-9-17/h3-11,15,21-22,26H,12-14,16H2,1-2H3,(H,27,29)(H,28,31)/t21-,22-,35?/m0/s1. The van der Waals surface area contributed by atoms with Crippen molar-refractivity contribution in [1.29, 1.82) is 0 Å². The highest BCUT2D eigenvalue weighted by atomic mass is 32.2. The van der Waals surface area contributed by atoms with Gasteiger partial charge in [-0.05, 0) is 23.6 Å². The number of fused-ring (bicyclic) bond motifs is 1. The molecule has 3 N–H and O–H groups in total. The van der Waals surface area contributed by atoms with Gasteiger partial charge in [-0.15, -0.1) is 0 Å². The van der Waals surface area contributed by atoms with Crippen molar-refractivity contribution in [2.24, 2.45) is 0 Å². The highest BCUT2D eigenvalue weighted by Crippen LogP contribution is 2.19. The number of ether oxygens (including phenoxy) is 2. The maximum Gasteiger partial charge on any atom is 0.408 e. The van der Waals surface area contributed by atoms with Crippen LogP contribution in [0.2, 0.25) is 0 Å². The highest BCUT2D eigenvalue weighted by molar-refractivity contribution is 7.84. The number of esters is 1. The van der Waals surface area contributed by atoms with Gasteiger partial charge in [0.2, 0.25) is 5.91 Å². The van der Waals surface area contributed by atoms with Crippen LogP contribution in [0.5, 0.6) is 0 Å². The van der Waals surface area contributed by atoms with Gasteiger partial charge < -0.3 is 25.1 Å². The predicted molar refractivity (Wildman–Crippen MR) is 133 cm³/mol. The molecule has 1 heterocycles. The van der Waals surface area contributed by atoms with E-state index in [0.29, 0.717) is 0 Å². The lowest BCUT2D eigenvalue weighted by Crippen LogP contribution is -2.53. The van der Waals surface area contributed by atoms with Crippen LogP contribution in [0.4, 0.5) is 4.79 Å². The zero-order chi connectivity index (χ0) is 25.2. The molecule has 3 rings (SSSR count). The van der Waals surface area contributed by atoms with Crippen LogP contribution in [0.3, 0.4) is 0 Å². The van der Waals surface area contributed by atoms with Gasteiger partial charge in [-0.25, -0.2) is 9.59 Å². The average molecular weight is 500 g/mol. The maximum absolute atomic E-state index is 13.2. The Morgan fingerprint density at radius 3 is 2.43 bits per heavy atom. The molecule has 2 aromatic carbocycles. The minimum atomic E-state index is -1.16. The van der Waals surface area contributed by atoms with Gasteiger partial charge in [0, 0.05) is 46.3 Å². The first-order chi connectivity index (χ1) is 16.9. The van der Waals surface area contributed by atoms with E-state index >= 15 is 0 Å². The molecule has 3 atom stereocenters. The van der Waals surface area contributed by atoms with Crippen molar-refractivity contribution < 1.29 is 28.1 Å². The van der Waals surface area contributed by atoms with Gasteiger partial charge in [0.25, 0.3) is 0 Å². The Balaban J connectivity index is 1.76. The molecule has 9 nitrogen and oxygen atoms in total. The van der Waals surface area contributed by atoms with Crippen LogP contribution in [-0.4, -0.2) is 58.4 Å². The molecule has 0 spiro atoms. The lowest BCUT2D eigenvalue weighted by Gasteiger charge is -2.22. The van der Waals surface area contributed by atoms with Gasteiger partial charge >= 0.3 is 12.1 Å². The summed E-state index contributed by atoms with van der Waals surface area (Å²) in [6.45, 7) is 0.0429. The number of benzene rings is 2. The van der Waals surface area contributed by atoms with Crippen molar-refractivity contribution in [3.63, 3.8) is 0 Å². The number of methoxy groups -OCH3 is 1. The van der Waals surface area contributed by atoms with E-state index in [1.165, 1.54) is 13.4 Å². The molecule has 35 heavy (non-hydrogen) atoms. The van der Waals surface area contributed by atoms with E-state index in [1.54, 1.807) is 6.20 Å². The molecule has 0 saturated heterocycles. The minimum absolute atomic E-state index is 0.0429. The number of hydrogen-bond donors (Lipinski definition) is 3. The number of amides is 2. The molecular formula is C25H29N3O6S.